The highest BCUT2D eigenvalue weighted by Crippen LogP contribution is 2.45. The largest absolute Gasteiger partial charge is 0.396 e. The lowest BCUT2D eigenvalue weighted by atomic mass is 9.92. The van der Waals surface area contributed by atoms with Gasteiger partial charge in [-0.3, -0.25) is 0 Å². The highest BCUT2D eigenvalue weighted by atomic mass is 16.8. The zero-order valence-corrected chi connectivity index (χ0v) is 17.5. The van der Waals surface area contributed by atoms with Gasteiger partial charge >= 0.3 is 0 Å². The summed E-state index contributed by atoms with van der Waals surface area (Å²) in [4.78, 5) is 0. The van der Waals surface area contributed by atoms with Crippen LogP contribution in [0.25, 0.3) is 0 Å². The Kier molecular flexibility index (Phi) is 6.53. The van der Waals surface area contributed by atoms with E-state index in [0.717, 1.165) is 11.1 Å². The van der Waals surface area contributed by atoms with Gasteiger partial charge in [0, 0.05) is 13.0 Å². The van der Waals surface area contributed by atoms with Crippen molar-refractivity contribution in [3.63, 3.8) is 0 Å². The average Bonchev–Trinajstić information content (AvgIpc) is 3.17. The number of hydrogen-bond donors (Lipinski definition) is 1. The molecule has 30 heavy (non-hydrogen) atoms. The quantitative estimate of drug-likeness (QED) is 0.678. The van der Waals surface area contributed by atoms with Crippen LogP contribution in [0.15, 0.2) is 60.7 Å². The number of aliphatic hydroxyl groups excluding tert-OH is 1. The number of aliphatic hydroxyl groups is 1. The van der Waals surface area contributed by atoms with Crippen LogP contribution in [0.2, 0.25) is 0 Å². The van der Waals surface area contributed by atoms with E-state index in [1.807, 2.05) is 74.5 Å². The smallest absolute Gasteiger partial charge is 0.190 e. The number of fused-ring (bicyclic) bond motifs is 1. The second-order valence-corrected chi connectivity index (χ2v) is 8.32. The molecule has 4 atom stereocenters. The third kappa shape index (κ3) is 4.75. The van der Waals surface area contributed by atoms with E-state index in [9.17, 15) is 5.11 Å². The third-order valence-corrected chi connectivity index (χ3v) is 5.52. The summed E-state index contributed by atoms with van der Waals surface area (Å²) < 4.78 is 30.8. The molecule has 6 heteroatoms. The van der Waals surface area contributed by atoms with Gasteiger partial charge in [-0.1, -0.05) is 60.7 Å². The third-order valence-electron chi connectivity index (χ3n) is 5.52. The van der Waals surface area contributed by atoms with Gasteiger partial charge < -0.3 is 28.8 Å². The van der Waals surface area contributed by atoms with Crippen molar-refractivity contribution in [2.24, 2.45) is 0 Å². The van der Waals surface area contributed by atoms with Crippen LogP contribution in [0, 0.1) is 0 Å². The topological polar surface area (TPSA) is 66.4 Å². The lowest BCUT2D eigenvalue weighted by Crippen LogP contribution is -2.50. The molecule has 0 spiro atoms. The molecule has 1 N–H and O–H groups in total. The van der Waals surface area contributed by atoms with Crippen molar-refractivity contribution >= 4 is 0 Å². The highest BCUT2D eigenvalue weighted by Gasteiger charge is 2.62. The minimum absolute atomic E-state index is 0.0529. The second-order valence-electron chi connectivity index (χ2n) is 8.32. The van der Waals surface area contributed by atoms with Gasteiger partial charge in [-0.15, -0.1) is 0 Å². The lowest BCUT2D eigenvalue weighted by Gasteiger charge is -2.36. The van der Waals surface area contributed by atoms with E-state index in [1.54, 1.807) is 0 Å². The van der Waals surface area contributed by atoms with Gasteiger partial charge in [-0.2, -0.15) is 0 Å². The van der Waals surface area contributed by atoms with Gasteiger partial charge in [-0.25, -0.2) is 0 Å². The van der Waals surface area contributed by atoms with Crippen molar-refractivity contribution in [2.75, 3.05) is 13.2 Å². The molecule has 2 aliphatic heterocycles. The van der Waals surface area contributed by atoms with Gasteiger partial charge in [0.15, 0.2) is 12.1 Å². The van der Waals surface area contributed by atoms with Crippen LogP contribution in [-0.4, -0.2) is 48.2 Å². The fourth-order valence-electron chi connectivity index (χ4n) is 4.15. The van der Waals surface area contributed by atoms with Crippen molar-refractivity contribution < 1.29 is 28.8 Å². The molecule has 0 amide bonds. The first-order valence-electron chi connectivity index (χ1n) is 10.4. The van der Waals surface area contributed by atoms with Crippen molar-refractivity contribution in [2.45, 2.75) is 63.4 Å². The van der Waals surface area contributed by atoms with Gasteiger partial charge in [0.1, 0.15) is 17.8 Å². The maximum absolute atomic E-state index is 9.80. The summed E-state index contributed by atoms with van der Waals surface area (Å²) in [6, 6.07) is 19.9. The summed E-state index contributed by atoms with van der Waals surface area (Å²) in [5.74, 6) is -0.750. The fourth-order valence-corrected chi connectivity index (χ4v) is 4.15. The summed E-state index contributed by atoms with van der Waals surface area (Å²) in [6.07, 6.45) is -1.03. The summed E-state index contributed by atoms with van der Waals surface area (Å²) in [5, 5.41) is 9.80. The van der Waals surface area contributed by atoms with Crippen LogP contribution in [0.5, 0.6) is 0 Å². The summed E-state index contributed by atoms with van der Waals surface area (Å²) >= 11 is 0. The Morgan fingerprint density at radius 1 is 0.867 bits per heavy atom. The summed E-state index contributed by atoms with van der Waals surface area (Å²) in [7, 11) is 0. The SMILES string of the molecule is CC1(C)O[C@H]2O[C@@](CCO)(COCc3ccccc3)[C@@H](OCc3ccccc3)[C@H]2O1. The number of benzene rings is 2. The maximum atomic E-state index is 9.80. The first-order valence-corrected chi connectivity index (χ1v) is 10.4. The van der Waals surface area contributed by atoms with E-state index < -0.39 is 29.9 Å². The molecule has 0 aliphatic carbocycles. The molecule has 2 saturated heterocycles. The first-order chi connectivity index (χ1) is 14.5. The molecule has 4 rings (SSSR count). The van der Waals surface area contributed by atoms with E-state index in [1.165, 1.54) is 0 Å². The average molecular weight is 414 g/mol. The molecule has 162 valence electrons. The Labute approximate surface area is 177 Å². The normalized spacial score (nSPS) is 29.8. The van der Waals surface area contributed by atoms with Crippen molar-refractivity contribution in [1.82, 2.24) is 0 Å². The Morgan fingerprint density at radius 2 is 1.50 bits per heavy atom. The monoisotopic (exact) mass is 414 g/mol. The summed E-state index contributed by atoms with van der Waals surface area (Å²) in [6.45, 7) is 4.80. The molecule has 6 nitrogen and oxygen atoms in total. The molecule has 2 aromatic rings. The molecular weight excluding hydrogens is 384 g/mol. The molecule has 2 heterocycles. The Bertz CT molecular complexity index is 796. The summed E-state index contributed by atoms with van der Waals surface area (Å²) in [5.41, 5.74) is 1.27. The predicted molar refractivity (Wildman–Crippen MR) is 110 cm³/mol. The van der Waals surface area contributed by atoms with Crippen molar-refractivity contribution in [3.8, 4) is 0 Å². The lowest BCUT2D eigenvalue weighted by molar-refractivity contribution is -0.257. The molecule has 0 unspecified atom stereocenters. The maximum Gasteiger partial charge on any atom is 0.190 e. The van der Waals surface area contributed by atoms with Gasteiger partial charge in [0.2, 0.25) is 0 Å². The molecule has 0 radical (unpaired) electrons. The molecule has 2 aromatic carbocycles. The predicted octanol–water partition coefficient (Wildman–Crippen LogP) is 3.42. The van der Waals surface area contributed by atoms with E-state index >= 15 is 0 Å². The van der Waals surface area contributed by atoms with E-state index in [0.29, 0.717) is 19.6 Å². The van der Waals surface area contributed by atoms with Gasteiger partial charge in [-0.05, 0) is 25.0 Å². The fraction of sp³-hybridized carbons (Fsp3) is 0.500. The van der Waals surface area contributed by atoms with E-state index in [-0.39, 0.29) is 13.2 Å². The second kappa shape index (κ2) is 9.14. The molecule has 0 aromatic heterocycles. The minimum Gasteiger partial charge on any atom is -0.396 e. The highest BCUT2D eigenvalue weighted by molar-refractivity contribution is 5.15. The molecule has 0 saturated carbocycles. The van der Waals surface area contributed by atoms with E-state index in [4.69, 9.17) is 23.7 Å². The molecule has 0 bridgehead atoms. The molecule has 2 aliphatic rings. The molecular formula is C24H30O6. The Morgan fingerprint density at radius 3 is 2.13 bits per heavy atom. The van der Waals surface area contributed by atoms with Crippen LogP contribution in [0.3, 0.4) is 0 Å². The van der Waals surface area contributed by atoms with Crippen molar-refractivity contribution in [3.05, 3.63) is 71.8 Å². The standard InChI is InChI=1S/C24H30O6/c1-23(2)28-20-21(27-16-19-11-7-4-8-12-19)24(13-14-25,30-22(20)29-23)17-26-15-18-9-5-3-6-10-18/h3-12,20-22,25H,13-17H2,1-2H3/t20-,21+,22+,24+/m1/s1. The van der Waals surface area contributed by atoms with Crippen LogP contribution in [-0.2, 0) is 36.9 Å². The van der Waals surface area contributed by atoms with Gasteiger partial charge in [0.25, 0.3) is 0 Å². The Hall–Kier alpha value is -1.80. The number of rotatable bonds is 9. The van der Waals surface area contributed by atoms with Crippen molar-refractivity contribution in [1.29, 1.82) is 0 Å². The van der Waals surface area contributed by atoms with Crippen LogP contribution in [0.1, 0.15) is 31.4 Å². The zero-order chi connectivity index (χ0) is 21.0. The van der Waals surface area contributed by atoms with Crippen LogP contribution in [0.4, 0.5) is 0 Å². The van der Waals surface area contributed by atoms with E-state index in [2.05, 4.69) is 0 Å². The number of ether oxygens (including phenoxy) is 5. The Balaban J connectivity index is 1.51. The van der Waals surface area contributed by atoms with Gasteiger partial charge in [0.05, 0.1) is 19.8 Å². The van der Waals surface area contributed by atoms with Crippen LogP contribution >= 0.6 is 0 Å². The zero-order valence-electron chi connectivity index (χ0n) is 17.5. The first kappa shape index (κ1) is 21.4. The number of hydrogen-bond acceptors (Lipinski definition) is 6. The minimum atomic E-state index is -0.857. The van der Waals surface area contributed by atoms with Crippen LogP contribution < -0.4 is 0 Å². The molecule has 2 fully saturated rings.